The van der Waals surface area contributed by atoms with Crippen LogP contribution >= 0.6 is 0 Å². The van der Waals surface area contributed by atoms with Gasteiger partial charge in [0.2, 0.25) is 0 Å². The maximum atomic E-state index is 2.32. The number of anilines is 15. The molecule has 0 heterocycles. The number of rotatable bonds is 15. The molecule has 0 aliphatic heterocycles. The molecule has 0 N–H and O–H groups in total. The van der Waals surface area contributed by atoms with Crippen LogP contribution in [0.5, 0.6) is 0 Å². The highest BCUT2D eigenvalue weighted by Crippen LogP contribution is 2.46. The number of hydrogen-bond donors (Lipinski definition) is 0. The molecule has 506 valence electrons. The maximum Gasteiger partial charge on any atom is 0.0488 e. The van der Waals surface area contributed by atoms with Gasteiger partial charge in [-0.1, -0.05) is 197 Å². The van der Waals surface area contributed by atoms with E-state index in [2.05, 4.69) is 440 Å². The molecule has 0 spiro atoms. The predicted molar refractivity (Wildman–Crippen MR) is 446 cm³/mol. The van der Waals surface area contributed by atoms with Gasteiger partial charge in [-0.15, -0.1) is 0 Å². The van der Waals surface area contributed by atoms with Crippen LogP contribution in [0.15, 0.2) is 334 Å². The molecule has 0 saturated carbocycles. The van der Waals surface area contributed by atoms with Gasteiger partial charge >= 0.3 is 0 Å². The molecule has 16 aromatic carbocycles. The van der Waals surface area contributed by atoms with Gasteiger partial charge in [0.25, 0.3) is 0 Å². The van der Waals surface area contributed by atoms with Gasteiger partial charge < -0.3 is 29.4 Å². The van der Waals surface area contributed by atoms with Crippen molar-refractivity contribution in [1.82, 2.24) is 0 Å². The SMILES string of the molecule is Cc1ccc(N(C)c2ccc(N(c3ccc(C)cc3)c3ccc(C)cc3)cc2)cc1.Cc1ccc(N(c2ccc(C)cc2)c2ccc(N(C)c3ccc4c5cccc6cccc(c7cccc3c74)c65)cc2)cc1.Cc1ccc(N(c2ccc(C)cc2)c2ccc(N(C)c3cccc(C)c3)cc2)cc1. The first kappa shape index (κ1) is 67.8. The van der Waals surface area contributed by atoms with E-state index in [9.17, 15) is 0 Å². The van der Waals surface area contributed by atoms with E-state index in [-0.39, 0.29) is 0 Å². The van der Waals surface area contributed by atoms with Crippen LogP contribution in [0.25, 0.3) is 43.1 Å². The van der Waals surface area contributed by atoms with Crippen LogP contribution in [0.2, 0.25) is 0 Å². The molecule has 0 aliphatic carbocycles. The van der Waals surface area contributed by atoms with Crippen LogP contribution in [0.1, 0.15) is 44.5 Å². The zero-order chi connectivity index (χ0) is 71.3. The topological polar surface area (TPSA) is 19.4 Å². The van der Waals surface area contributed by atoms with Crippen LogP contribution < -0.4 is 29.4 Å². The van der Waals surface area contributed by atoms with E-state index in [0.29, 0.717) is 0 Å². The van der Waals surface area contributed by atoms with Gasteiger partial charge in [-0.05, 0) is 275 Å². The molecular formula is C97H88N6. The Bertz CT molecular complexity index is 5330. The predicted octanol–water partition coefficient (Wildman–Crippen LogP) is 27.3. The molecule has 0 fully saturated rings. The van der Waals surface area contributed by atoms with E-state index in [0.717, 1.165) is 68.2 Å². The lowest BCUT2D eigenvalue weighted by Crippen LogP contribution is -2.12. The van der Waals surface area contributed by atoms with Gasteiger partial charge in [-0.3, -0.25) is 0 Å². The minimum Gasteiger partial charge on any atom is -0.345 e. The second-order valence-electron chi connectivity index (χ2n) is 27.5. The Hall–Kier alpha value is -12.4. The molecule has 103 heavy (non-hydrogen) atoms. The Morgan fingerprint density at radius 1 is 0.165 bits per heavy atom. The van der Waals surface area contributed by atoms with Gasteiger partial charge in [0.1, 0.15) is 0 Å². The second kappa shape index (κ2) is 29.8. The van der Waals surface area contributed by atoms with Crippen molar-refractivity contribution in [3.8, 4) is 0 Å². The van der Waals surface area contributed by atoms with Crippen molar-refractivity contribution in [1.29, 1.82) is 0 Å². The van der Waals surface area contributed by atoms with E-state index in [1.807, 2.05) is 0 Å². The number of benzene rings is 16. The maximum absolute atomic E-state index is 2.32. The fourth-order valence-corrected chi connectivity index (χ4v) is 13.9. The zero-order valence-corrected chi connectivity index (χ0v) is 60.9. The Morgan fingerprint density at radius 2 is 0.398 bits per heavy atom. The molecule has 0 aliphatic rings. The molecule has 0 saturated heterocycles. The van der Waals surface area contributed by atoms with Crippen LogP contribution in [0.3, 0.4) is 0 Å². The lowest BCUT2D eigenvalue weighted by atomic mass is 9.89. The van der Waals surface area contributed by atoms with E-state index < -0.39 is 0 Å². The molecule has 0 atom stereocenters. The van der Waals surface area contributed by atoms with Crippen molar-refractivity contribution in [2.75, 3.05) is 50.5 Å². The normalized spacial score (nSPS) is 11.1. The molecule has 0 aromatic heterocycles. The molecule has 0 amide bonds. The van der Waals surface area contributed by atoms with Crippen molar-refractivity contribution in [3.05, 3.63) is 378 Å². The summed E-state index contributed by atoms with van der Waals surface area (Å²) in [5.74, 6) is 0. The largest absolute Gasteiger partial charge is 0.345 e. The number of hydrogen-bond acceptors (Lipinski definition) is 6. The van der Waals surface area contributed by atoms with Crippen molar-refractivity contribution in [2.45, 2.75) is 55.4 Å². The lowest BCUT2D eigenvalue weighted by Gasteiger charge is -2.27. The molecule has 16 rings (SSSR count). The Balaban J connectivity index is 0.000000134. The van der Waals surface area contributed by atoms with Crippen molar-refractivity contribution < 1.29 is 0 Å². The summed E-state index contributed by atoms with van der Waals surface area (Å²) in [7, 11) is 6.40. The molecule has 16 aromatic rings. The highest BCUT2D eigenvalue weighted by molar-refractivity contribution is 6.34. The Kier molecular flexibility index (Phi) is 19.6. The number of nitrogens with zero attached hydrogens (tertiary/aromatic N) is 6. The average molecular weight is 1340 g/mol. The van der Waals surface area contributed by atoms with Crippen LogP contribution in [-0.2, 0) is 0 Å². The molecule has 6 nitrogen and oxygen atoms in total. The van der Waals surface area contributed by atoms with Crippen molar-refractivity contribution in [2.24, 2.45) is 0 Å². The summed E-state index contributed by atoms with van der Waals surface area (Å²) >= 11 is 0. The lowest BCUT2D eigenvalue weighted by molar-refractivity contribution is 1.19. The molecule has 0 bridgehead atoms. The molecule has 6 heteroatoms. The second-order valence-corrected chi connectivity index (χ2v) is 27.5. The minimum atomic E-state index is 1.13. The fourth-order valence-electron chi connectivity index (χ4n) is 13.9. The summed E-state index contributed by atoms with van der Waals surface area (Å²) in [4.78, 5) is 13.7. The van der Waals surface area contributed by atoms with Gasteiger partial charge in [-0.25, -0.2) is 0 Å². The molecular weight excluding hydrogens is 1250 g/mol. The highest BCUT2D eigenvalue weighted by atomic mass is 15.2. The first-order valence-corrected chi connectivity index (χ1v) is 35.6. The summed E-state index contributed by atoms with van der Waals surface area (Å²) in [6.07, 6.45) is 0. The smallest absolute Gasteiger partial charge is 0.0488 e. The standard InChI is InChI=1S/C41H32N2.2C28H28N2/c1-27-13-17-31(18-14-27)43(32-19-15-28(2)16-20-32)33-23-21-30(22-24-33)42(3)39-26-25-37-35-10-5-8-29-7-4-9-34(40(29)35)36-11-6-12-38(39)41(36)37;1-21-5-11-24(12-6-21)29(4)25-17-19-28(20-18-25)30(26-13-7-22(2)8-14-26)27-15-9-23(3)10-16-27;1-21-8-12-25(13-9-21)30(26-14-10-22(2)11-15-26)27-18-16-24(17-19-27)29(4)28-7-5-6-23(3)20-28/h4-26H,1-3H3;2*5-20H,1-4H3. The minimum absolute atomic E-state index is 1.13. The molecule has 0 unspecified atom stereocenters. The van der Waals surface area contributed by atoms with Crippen LogP contribution in [0.4, 0.5) is 85.3 Å². The Labute approximate surface area is 608 Å². The number of fused-ring (bicyclic) bond motifs is 2. The zero-order valence-electron chi connectivity index (χ0n) is 60.9. The summed E-state index contributed by atoms with van der Waals surface area (Å²) < 4.78 is 0. The van der Waals surface area contributed by atoms with Gasteiger partial charge in [0.05, 0.1) is 0 Å². The van der Waals surface area contributed by atoms with E-state index >= 15 is 0 Å². The summed E-state index contributed by atoms with van der Waals surface area (Å²) in [5.41, 5.74) is 27.5. The van der Waals surface area contributed by atoms with Crippen LogP contribution in [-0.4, -0.2) is 21.1 Å². The van der Waals surface area contributed by atoms with Gasteiger partial charge in [0.15, 0.2) is 0 Å². The summed E-state index contributed by atoms with van der Waals surface area (Å²) in [6, 6.07) is 121. The third-order valence-electron chi connectivity index (χ3n) is 19.9. The van der Waals surface area contributed by atoms with E-state index in [1.54, 1.807) is 0 Å². The average Bonchev–Trinajstić information content (AvgIpc) is 0.719. The third kappa shape index (κ3) is 14.7. The highest BCUT2D eigenvalue weighted by Gasteiger charge is 2.20. The fraction of sp³-hybridized carbons (Fsp3) is 0.113. The van der Waals surface area contributed by atoms with Gasteiger partial charge in [-0.2, -0.15) is 0 Å². The summed E-state index contributed by atoms with van der Waals surface area (Å²) in [5, 5.41) is 10.5. The van der Waals surface area contributed by atoms with E-state index in [1.165, 1.54) is 105 Å². The van der Waals surface area contributed by atoms with E-state index in [4.69, 9.17) is 0 Å². The third-order valence-corrected chi connectivity index (χ3v) is 19.9. The molecule has 0 radical (unpaired) electrons. The van der Waals surface area contributed by atoms with Crippen LogP contribution in [0, 0.1) is 55.4 Å². The van der Waals surface area contributed by atoms with Crippen molar-refractivity contribution in [3.63, 3.8) is 0 Å². The first-order chi connectivity index (χ1) is 50.1. The quantitative estimate of drug-likeness (QED) is 0.0747. The first-order valence-electron chi connectivity index (χ1n) is 35.6. The Morgan fingerprint density at radius 3 is 0.718 bits per heavy atom. The van der Waals surface area contributed by atoms with Gasteiger partial charge in [0, 0.05) is 112 Å². The van der Waals surface area contributed by atoms with Crippen molar-refractivity contribution >= 4 is 128 Å². The number of aryl methyl sites for hydroxylation is 8. The summed E-state index contributed by atoms with van der Waals surface area (Å²) in [6.45, 7) is 17.0. The monoisotopic (exact) mass is 1340 g/mol.